The van der Waals surface area contributed by atoms with Crippen LogP contribution in [0.15, 0.2) is 170 Å². The van der Waals surface area contributed by atoms with E-state index >= 15 is 0 Å². The maximum Gasteiger partial charge on any atom is 0.0361 e. The quantitative estimate of drug-likeness (QED) is 0.153. The largest absolute Gasteiger partial charge is 0.135 e. The summed E-state index contributed by atoms with van der Waals surface area (Å²) in [6, 6.07) is 46.5. The summed E-state index contributed by atoms with van der Waals surface area (Å²) in [7, 11) is 0. The molecule has 0 N–H and O–H groups in total. The molecule has 0 aliphatic heterocycles. The van der Waals surface area contributed by atoms with Gasteiger partial charge in [0.2, 0.25) is 0 Å². The monoisotopic (exact) mass is 686 g/mol. The van der Waals surface area contributed by atoms with E-state index in [2.05, 4.69) is 197 Å². The molecule has 0 saturated carbocycles. The van der Waals surface area contributed by atoms with Crippen LogP contribution < -0.4 is 0 Å². The summed E-state index contributed by atoms with van der Waals surface area (Å²) in [5.74, 6) is 0. The van der Waals surface area contributed by atoms with Gasteiger partial charge in [-0.3, -0.25) is 0 Å². The smallest absolute Gasteiger partial charge is 0.0361 e. The Morgan fingerprint density at radius 3 is 2.10 bits per heavy atom. The predicted octanol–water partition coefficient (Wildman–Crippen LogP) is 15.1. The van der Waals surface area contributed by atoms with E-state index in [1.54, 1.807) is 0 Å². The van der Waals surface area contributed by atoms with E-state index in [4.69, 9.17) is 0 Å². The number of thiophene rings is 1. The number of rotatable bonds is 6. The van der Waals surface area contributed by atoms with Crippen molar-refractivity contribution in [2.45, 2.75) is 33.1 Å². The highest BCUT2D eigenvalue weighted by molar-refractivity contribution is 7.26. The molecule has 7 aromatic rings. The van der Waals surface area contributed by atoms with Gasteiger partial charge in [-0.1, -0.05) is 172 Å². The molecule has 0 bridgehead atoms. The van der Waals surface area contributed by atoms with Crippen LogP contribution in [0.2, 0.25) is 0 Å². The van der Waals surface area contributed by atoms with Gasteiger partial charge in [0.25, 0.3) is 0 Å². The van der Waals surface area contributed by atoms with E-state index in [9.17, 15) is 0 Å². The van der Waals surface area contributed by atoms with Crippen LogP contribution in [0, 0.1) is 0 Å². The van der Waals surface area contributed by atoms with E-state index < -0.39 is 0 Å². The molecular weight excluding hydrogens is 645 g/mol. The number of fused-ring (bicyclic) bond motifs is 10. The highest BCUT2D eigenvalue weighted by atomic mass is 32.1. The molecule has 0 atom stereocenters. The van der Waals surface area contributed by atoms with Gasteiger partial charge in [0.05, 0.1) is 0 Å². The normalized spacial score (nSPS) is 13.9. The van der Waals surface area contributed by atoms with E-state index in [0.29, 0.717) is 0 Å². The summed E-state index contributed by atoms with van der Waals surface area (Å²) in [4.78, 5) is 0. The first kappa shape index (κ1) is 33.4. The number of hydrogen-bond acceptors (Lipinski definition) is 1. The zero-order valence-corrected chi connectivity index (χ0v) is 31.1. The third-order valence-electron chi connectivity index (χ3n) is 10.5. The molecule has 0 nitrogen and oxygen atoms in total. The lowest BCUT2D eigenvalue weighted by Gasteiger charge is -2.23. The maximum absolute atomic E-state index is 4.53. The van der Waals surface area contributed by atoms with E-state index in [-0.39, 0.29) is 5.41 Å². The second-order valence-corrected chi connectivity index (χ2v) is 15.2. The first-order valence-corrected chi connectivity index (χ1v) is 18.9. The third-order valence-corrected chi connectivity index (χ3v) is 11.7. The van der Waals surface area contributed by atoms with Crippen molar-refractivity contribution >= 4 is 70.3 Å². The number of benzene rings is 5. The fourth-order valence-corrected chi connectivity index (χ4v) is 9.16. The topological polar surface area (TPSA) is 0 Å². The lowest BCUT2D eigenvalue weighted by molar-refractivity contribution is 0.666. The van der Waals surface area contributed by atoms with Gasteiger partial charge in [0.1, 0.15) is 0 Å². The second-order valence-electron chi connectivity index (χ2n) is 14.1. The summed E-state index contributed by atoms with van der Waals surface area (Å²) >= 11 is 1.89. The maximum atomic E-state index is 4.53. The van der Waals surface area contributed by atoms with Crippen molar-refractivity contribution in [2.24, 2.45) is 0 Å². The highest BCUT2D eigenvalue weighted by Crippen LogP contribution is 2.53. The summed E-state index contributed by atoms with van der Waals surface area (Å²) < 4.78 is 2.71. The van der Waals surface area contributed by atoms with E-state index in [1.807, 2.05) is 18.3 Å². The minimum Gasteiger partial charge on any atom is -0.135 e. The van der Waals surface area contributed by atoms with Crippen LogP contribution in [0.1, 0.15) is 55.5 Å². The molecule has 1 aliphatic rings. The van der Waals surface area contributed by atoms with Crippen molar-refractivity contribution in [3.8, 4) is 11.1 Å². The number of hydrogen-bond donors (Lipinski definition) is 0. The molecule has 1 aromatic heterocycles. The van der Waals surface area contributed by atoms with E-state index in [1.165, 1.54) is 80.7 Å². The van der Waals surface area contributed by atoms with Crippen molar-refractivity contribution in [3.63, 3.8) is 0 Å². The lowest BCUT2D eigenvalue weighted by Crippen LogP contribution is -2.15. The van der Waals surface area contributed by atoms with E-state index in [0.717, 1.165) is 11.1 Å². The first-order chi connectivity index (χ1) is 25.4. The van der Waals surface area contributed by atoms with Crippen molar-refractivity contribution < 1.29 is 0 Å². The van der Waals surface area contributed by atoms with Gasteiger partial charge in [0, 0.05) is 25.6 Å². The SMILES string of the molecule is C=C(/C=C\C=C\c1ccc2c(c1)-c1ccc3c(ccc4sc5ccccc5c43)c1C2(C)C)c1ccccccc(/C(C)=C/C=C\C)c2ccccc12. The molecule has 0 radical (unpaired) electrons. The van der Waals surface area contributed by atoms with Crippen molar-refractivity contribution in [1.29, 1.82) is 0 Å². The summed E-state index contributed by atoms with van der Waals surface area (Å²) in [6.07, 6.45) is 14.9. The average Bonchev–Trinajstić information content (AvgIpc) is 3.66. The van der Waals surface area contributed by atoms with Crippen molar-refractivity contribution in [1.82, 2.24) is 0 Å². The third kappa shape index (κ3) is 5.82. The van der Waals surface area contributed by atoms with Gasteiger partial charge in [-0.15, -0.1) is 11.3 Å². The van der Waals surface area contributed by atoms with Gasteiger partial charge in [-0.05, 0) is 104 Å². The fraction of sp³-hybridized carbons (Fsp3) is 0.0980. The Morgan fingerprint density at radius 2 is 1.31 bits per heavy atom. The Bertz CT molecular complexity index is 2740. The van der Waals surface area contributed by atoms with Crippen LogP contribution in [-0.4, -0.2) is 0 Å². The Labute approximate surface area is 311 Å². The lowest BCUT2D eigenvalue weighted by atomic mass is 9.80. The van der Waals surface area contributed by atoms with Crippen LogP contribution in [0.4, 0.5) is 0 Å². The molecule has 0 spiro atoms. The zero-order valence-electron chi connectivity index (χ0n) is 30.3. The molecule has 0 fully saturated rings. The molecule has 0 saturated heterocycles. The molecule has 0 amide bonds. The minimum absolute atomic E-state index is 0.0939. The van der Waals surface area contributed by atoms with Crippen LogP contribution in [0.25, 0.3) is 70.1 Å². The predicted molar refractivity (Wildman–Crippen MR) is 232 cm³/mol. The molecule has 52 heavy (non-hydrogen) atoms. The Kier molecular flexibility index (Phi) is 8.83. The molecule has 0 unspecified atom stereocenters. The number of allylic oxidation sites excluding steroid dienone is 8. The van der Waals surface area contributed by atoms with Gasteiger partial charge in [-0.25, -0.2) is 0 Å². The summed E-state index contributed by atoms with van der Waals surface area (Å²) in [6.45, 7) is 13.5. The van der Waals surface area contributed by atoms with Crippen molar-refractivity contribution in [3.05, 3.63) is 198 Å². The second kappa shape index (κ2) is 13.8. The minimum atomic E-state index is -0.0939. The van der Waals surface area contributed by atoms with Gasteiger partial charge >= 0.3 is 0 Å². The Morgan fingerprint density at radius 1 is 0.615 bits per heavy atom. The zero-order chi connectivity index (χ0) is 35.8. The van der Waals surface area contributed by atoms with Crippen LogP contribution >= 0.6 is 11.3 Å². The Hall–Kier alpha value is -5.76. The summed E-state index contributed by atoms with van der Waals surface area (Å²) in [5.41, 5.74) is 11.1. The highest BCUT2D eigenvalue weighted by Gasteiger charge is 2.37. The molecule has 1 aliphatic carbocycles. The first-order valence-electron chi connectivity index (χ1n) is 18.1. The molecule has 6 aromatic carbocycles. The Balaban J connectivity index is 1.13. The fourth-order valence-electron chi connectivity index (χ4n) is 8.04. The van der Waals surface area contributed by atoms with Crippen molar-refractivity contribution in [2.75, 3.05) is 0 Å². The molecule has 8 rings (SSSR count). The molecule has 252 valence electrons. The summed E-state index contributed by atoms with van der Waals surface area (Å²) in [5, 5.41) is 7.82. The average molecular weight is 687 g/mol. The van der Waals surface area contributed by atoms with Crippen LogP contribution in [0.3, 0.4) is 0 Å². The molecular formula is C51H42S. The molecule has 1 heterocycles. The standard InChI is InChI=1S/C51H42S/c1-6-7-18-34(2)37-21-10-8-9-11-22-38(40-24-15-14-23-39(37)40)35(3)19-12-13-20-36-27-31-46-45(33-36)43-29-28-41-42(50(43)51(46,4)5)30-32-48-49(41)44-25-16-17-26-47(44)52-48/h6-33H,3H2,1-2,4-5H3/b7-6-,9-8?,10-8?,11-9?,19-12-,20-13+,21-10?,22-11?,34-18+,37-21?,38-22?,39-37?,40-38?. The molecule has 1 heteroatoms. The van der Waals surface area contributed by atoms with Gasteiger partial charge in [0.15, 0.2) is 0 Å². The van der Waals surface area contributed by atoms with Crippen LogP contribution in [-0.2, 0) is 5.41 Å². The van der Waals surface area contributed by atoms with Crippen LogP contribution in [0.5, 0.6) is 0 Å². The van der Waals surface area contributed by atoms with Gasteiger partial charge in [-0.2, -0.15) is 0 Å². The van der Waals surface area contributed by atoms with Gasteiger partial charge < -0.3 is 0 Å².